The number of benzene rings is 1. The van der Waals surface area contributed by atoms with E-state index < -0.39 is 6.10 Å². The van der Waals surface area contributed by atoms with Crippen LogP contribution in [0.1, 0.15) is 59.1 Å². The summed E-state index contributed by atoms with van der Waals surface area (Å²) in [7, 11) is 0. The third-order valence-corrected chi connectivity index (χ3v) is 4.22. The molecule has 1 amide bonds. The third kappa shape index (κ3) is 3.27. The van der Waals surface area contributed by atoms with Gasteiger partial charge in [-0.15, -0.1) is 0 Å². The fraction of sp³-hybridized carbons (Fsp3) is 0.611. The molecular weight excluding hydrogens is 276 g/mol. The first kappa shape index (κ1) is 16.8. The minimum atomic E-state index is -0.425. The minimum Gasteiger partial charge on any atom is -0.479 e. The zero-order valence-corrected chi connectivity index (χ0v) is 14.3. The van der Waals surface area contributed by atoms with Gasteiger partial charge in [0.15, 0.2) is 6.10 Å². The maximum Gasteiger partial charge on any atom is 0.267 e. The van der Waals surface area contributed by atoms with Crippen LogP contribution < -0.4 is 15.4 Å². The summed E-state index contributed by atoms with van der Waals surface area (Å²) in [4.78, 5) is 14.3. The standard InChI is InChI=1S/C18H28N2O2/c1-6-7-10-20-14-11-13(16(19)18(3,4)5)8-9-15(14)22-12(2)17(20)21/h8-9,11-12,16H,6-7,10,19H2,1-5H3. The molecule has 1 heterocycles. The highest BCUT2D eigenvalue weighted by Gasteiger charge is 2.32. The number of rotatable bonds is 4. The van der Waals surface area contributed by atoms with Gasteiger partial charge in [-0.25, -0.2) is 0 Å². The van der Waals surface area contributed by atoms with Crippen LogP contribution in [0.5, 0.6) is 5.75 Å². The minimum absolute atomic E-state index is 0.0300. The number of unbranched alkanes of at least 4 members (excludes halogenated alkanes) is 1. The number of hydrogen-bond acceptors (Lipinski definition) is 3. The normalized spacial score (nSPS) is 19.6. The van der Waals surface area contributed by atoms with Crippen LogP contribution in [0.15, 0.2) is 18.2 Å². The van der Waals surface area contributed by atoms with Crippen molar-refractivity contribution in [3.63, 3.8) is 0 Å². The van der Waals surface area contributed by atoms with Crippen molar-refractivity contribution in [3.05, 3.63) is 23.8 Å². The molecule has 1 aliphatic heterocycles. The van der Waals surface area contributed by atoms with Crippen molar-refractivity contribution in [1.82, 2.24) is 0 Å². The van der Waals surface area contributed by atoms with Crippen molar-refractivity contribution < 1.29 is 9.53 Å². The second-order valence-corrected chi connectivity index (χ2v) is 7.17. The van der Waals surface area contributed by atoms with E-state index in [1.807, 2.05) is 23.1 Å². The van der Waals surface area contributed by atoms with Gasteiger partial charge in [0, 0.05) is 12.6 Å². The first-order valence-corrected chi connectivity index (χ1v) is 8.13. The molecule has 0 spiro atoms. The lowest BCUT2D eigenvalue weighted by Crippen LogP contribution is -2.45. The van der Waals surface area contributed by atoms with E-state index in [1.165, 1.54) is 0 Å². The smallest absolute Gasteiger partial charge is 0.267 e. The number of carbonyl (C=O) groups excluding carboxylic acids is 1. The maximum atomic E-state index is 12.4. The summed E-state index contributed by atoms with van der Waals surface area (Å²) in [5.74, 6) is 0.801. The quantitative estimate of drug-likeness (QED) is 0.924. The summed E-state index contributed by atoms with van der Waals surface area (Å²) in [6.45, 7) is 11.0. The van der Waals surface area contributed by atoms with E-state index in [0.717, 1.165) is 36.4 Å². The Balaban J connectivity index is 2.40. The monoisotopic (exact) mass is 304 g/mol. The van der Waals surface area contributed by atoms with Crippen LogP contribution in [0.3, 0.4) is 0 Å². The molecule has 1 aliphatic rings. The molecule has 2 N–H and O–H groups in total. The molecular formula is C18H28N2O2. The van der Waals surface area contributed by atoms with Crippen molar-refractivity contribution in [2.24, 2.45) is 11.1 Å². The van der Waals surface area contributed by atoms with Gasteiger partial charge in [0.25, 0.3) is 5.91 Å². The van der Waals surface area contributed by atoms with Gasteiger partial charge >= 0.3 is 0 Å². The van der Waals surface area contributed by atoms with Gasteiger partial charge < -0.3 is 15.4 Å². The lowest BCUT2D eigenvalue weighted by atomic mass is 9.83. The topological polar surface area (TPSA) is 55.6 Å². The van der Waals surface area contributed by atoms with Crippen molar-refractivity contribution in [3.8, 4) is 5.75 Å². The molecule has 0 bridgehead atoms. The number of anilines is 1. The van der Waals surface area contributed by atoms with Gasteiger partial charge in [-0.1, -0.05) is 40.2 Å². The Bertz CT molecular complexity index is 549. The summed E-state index contributed by atoms with van der Waals surface area (Å²) in [5.41, 5.74) is 8.23. The Morgan fingerprint density at radius 1 is 1.36 bits per heavy atom. The molecule has 0 radical (unpaired) electrons. The van der Waals surface area contributed by atoms with E-state index in [0.29, 0.717) is 0 Å². The fourth-order valence-corrected chi connectivity index (χ4v) is 2.66. The number of fused-ring (bicyclic) bond motifs is 1. The zero-order chi connectivity index (χ0) is 16.5. The number of amides is 1. The second-order valence-electron chi connectivity index (χ2n) is 7.17. The molecule has 2 unspecified atom stereocenters. The van der Waals surface area contributed by atoms with E-state index in [-0.39, 0.29) is 17.4 Å². The fourth-order valence-electron chi connectivity index (χ4n) is 2.66. The van der Waals surface area contributed by atoms with Crippen molar-refractivity contribution in [1.29, 1.82) is 0 Å². The number of hydrogen-bond donors (Lipinski definition) is 1. The largest absolute Gasteiger partial charge is 0.479 e. The van der Waals surface area contributed by atoms with Gasteiger partial charge in [0.2, 0.25) is 0 Å². The van der Waals surface area contributed by atoms with E-state index >= 15 is 0 Å². The lowest BCUT2D eigenvalue weighted by Gasteiger charge is -2.35. The predicted molar refractivity (Wildman–Crippen MR) is 90.2 cm³/mol. The SMILES string of the molecule is CCCCN1C(=O)C(C)Oc2ccc(C(N)C(C)(C)C)cc21. The Hall–Kier alpha value is -1.55. The molecule has 0 aliphatic carbocycles. The van der Waals surface area contributed by atoms with Crippen LogP contribution in [0.25, 0.3) is 0 Å². The number of ether oxygens (including phenoxy) is 1. The molecule has 4 heteroatoms. The van der Waals surface area contributed by atoms with Crippen LogP contribution in [-0.4, -0.2) is 18.6 Å². The Morgan fingerprint density at radius 2 is 2.05 bits per heavy atom. The summed E-state index contributed by atoms with van der Waals surface area (Å²) in [6, 6.07) is 5.89. The lowest BCUT2D eigenvalue weighted by molar-refractivity contribution is -0.125. The average Bonchev–Trinajstić information content (AvgIpc) is 2.46. The van der Waals surface area contributed by atoms with Gasteiger partial charge in [-0.05, 0) is 36.5 Å². The second kappa shape index (κ2) is 6.29. The molecule has 1 aromatic rings. The first-order valence-electron chi connectivity index (χ1n) is 8.13. The molecule has 0 saturated carbocycles. The molecule has 4 nitrogen and oxygen atoms in total. The summed E-state index contributed by atoms with van der Waals surface area (Å²) >= 11 is 0. The summed E-state index contributed by atoms with van der Waals surface area (Å²) in [5, 5.41) is 0. The van der Waals surface area contributed by atoms with Crippen molar-refractivity contribution in [2.45, 2.75) is 59.6 Å². The molecule has 2 rings (SSSR count). The third-order valence-electron chi connectivity index (χ3n) is 4.22. The number of carbonyl (C=O) groups is 1. The molecule has 22 heavy (non-hydrogen) atoms. The highest BCUT2D eigenvalue weighted by atomic mass is 16.5. The molecule has 0 saturated heterocycles. The number of nitrogens with zero attached hydrogens (tertiary/aromatic N) is 1. The van der Waals surface area contributed by atoms with Crippen molar-refractivity contribution in [2.75, 3.05) is 11.4 Å². The Morgan fingerprint density at radius 3 is 2.64 bits per heavy atom. The highest BCUT2D eigenvalue weighted by Crippen LogP contribution is 2.39. The maximum absolute atomic E-state index is 12.4. The molecule has 122 valence electrons. The molecule has 2 atom stereocenters. The van der Waals surface area contributed by atoms with E-state index in [2.05, 4.69) is 27.7 Å². The van der Waals surface area contributed by atoms with Crippen LogP contribution in [0, 0.1) is 5.41 Å². The molecule has 0 fully saturated rings. The molecule has 0 aromatic heterocycles. The van der Waals surface area contributed by atoms with E-state index in [9.17, 15) is 4.79 Å². The first-order chi connectivity index (χ1) is 10.3. The Kier molecular flexibility index (Phi) is 4.81. The summed E-state index contributed by atoms with van der Waals surface area (Å²) < 4.78 is 5.74. The Labute approximate surface area is 133 Å². The average molecular weight is 304 g/mol. The van der Waals surface area contributed by atoms with E-state index in [1.54, 1.807) is 6.92 Å². The van der Waals surface area contributed by atoms with Crippen LogP contribution in [-0.2, 0) is 4.79 Å². The number of nitrogens with two attached hydrogens (primary N) is 1. The van der Waals surface area contributed by atoms with Crippen molar-refractivity contribution >= 4 is 11.6 Å². The zero-order valence-electron chi connectivity index (χ0n) is 14.3. The molecule has 1 aromatic carbocycles. The summed E-state index contributed by atoms with van der Waals surface area (Å²) in [6.07, 6.45) is 1.61. The van der Waals surface area contributed by atoms with Crippen LogP contribution in [0.4, 0.5) is 5.69 Å². The van der Waals surface area contributed by atoms with Crippen LogP contribution >= 0.6 is 0 Å². The predicted octanol–water partition coefficient (Wildman–Crippen LogP) is 3.65. The highest BCUT2D eigenvalue weighted by molar-refractivity contribution is 5.99. The van der Waals surface area contributed by atoms with Gasteiger partial charge in [-0.3, -0.25) is 4.79 Å². The van der Waals surface area contributed by atoms with Gasteiger partial charge in [0.05, 0.1) is 5.69 Å². The van der Waals surface area contributed by atoms with Gasteiger partial charge in [-0.2, -0.15) is 0 Å². The van der Waals surface area contributed by atoms with Crippen LogP contribution in [0.2, 0.25) is 0 Å². The van der Waals surface area contributed by atoms with Gasteiger partial charge in [0.1, 0.15) is 5.75 Å². The van der Waals surface area contributed by atoms with E-state index in [4.69, 9.17) is 10.5 Å².